The predicted octanol–water partition coefficient (Wildman–Crippen LogP) is 10.8. The molecular formula is C43H28N4. The van der Waals surface area contributed by atoms with E-state index in [-0.39, 0.29) is 0 Å². The minimum absolute atomic E-state index is 0.691. The zero-order valence-electron chi connectivity index (χ0n) is 25.5. The Balaban J connectivity index is 1.31. The Morgan fingerprint density at radius 3 is 1.57 bits per heavy atom. The molecule has 9 aromatic rings. The maximum atomic E-state index is 5.38. The molecule has 0 spiro atoms. The van der Waals surface area contributed by atoms with Crippen molar-refractivity contribution in [2.75, 3.05) is 0 Å². The van der Waals surface area contributed by atoms with Crippen LogP contribution >= 0.6 is 0 Å². The number of benzene rings is 7. The highest BCUT2D eigenvalue weighted by Crippen LogP contribution is 2.38. The molecule has 2 aromatic heterocycles. The van der Waals surface area contributed by atoms with Crippen molar-refractivity contribution in [3.8, 4) is 51.0 Å². The van der Waals surface area contributed by atoms with Gasteiger partial charge in [0.2, 0.25) is 0 Å². The van der Waals surface area contributed by atoms with E-state index < -0.39 is 0 Å². The van der Waals surface area contributed by atoms with Gasteiger partial charge in [0, 0.05) is 33.3 Å². The number of hydrogen-bond donors (Lipinski definition) is 0. The third-order valence-corrected chi connectivity index (χ3v) is 8.79. The van der Waals surface area contributed by atoms with E-state index in [2.05, 4.69) is 126 Å². The van der Waals surface area contributed by atoms with Gasteiger partial charge in [-0.1, -0.05) is 140 Å². The normalized spacial score (nSPS) is 11.4. The van der Waals surface area contributed by atoms with Crippen molar-refractivity contribution >= 4 is 32.6 Å². The summed E-state index contributed by atoms with van der Waals surface area (Å²) in [5, 5.41) is 4.53. The molecule has 9 rings (SSSR count). The van der Waals surface area contributed by atoms with E-state index in [0.29, 0.717) is 5.82 Å². The molecule has 0 saturated heterocycles. The fraction of sp³-hybridized carbons (Fsp3) is 0. The van der Waals surface area contributed by atoms with Crippen LogP contribution in [0.5, 0.6) is 0 Å². The van der Waals surface area contributed by atoms with Crippen LogP contribution in [0.4, 0.5) is 0 Å². The van der Waals surface area contributed by atoms with Crippen molar-refractivity contribution in [2.45, 2.75) is 0 Å². The van der Waals surface area contributed by atoms with Crippen molar-refractivity contribution in [1.82, 2.24) is 19.5 Å². The topological polar surface area (TPSA) is 43.6 Å². The first-order valence-corrected chi connectivity index (χ1v) is 15.8. The zero-order valence-corrected chi connectivity index (χ0v) is 25.5. The van der Waals surface area contributed by atoms with Crippen molar-refractivity contribution in [3.05, 3.63) is 170 Å². The molecule has 0 aliphatic rings. The second-order valence-corrected chi connectivity index (χ2v) is 11.7. The molecule has 0 aliphatic heterocycles. The van der Waals surface area contributed by atoms with Crippen LogP contribution in [-0.4, -0.2) is 19.5 Å². The summed E-state index contributed by atoms with van der Waals surface area (Å²) in [5.74, 6) is 1.61. The van der Waals surface area contributed by atoms with Gasteiger partial charge in [0.1, 0.15) is 5.82 Å². The standard InChI is InChI=1S/C43H28N4/c1-5-13-30(14-6-1)37-28-38(31-15-7-2-8-16-31)45-42(44-37)34-24-22-29-21-23-32-25-26-39-41(40(32)36(29)27-34)46-43(33-17-9-3-10-18-33)47(39)35-19-11-4-12-20-35/h1-28H. The van der Waals surface area contributed by atoms with Gasteiger partial charge in [-0.05, 0) is 46.5 Å². The highest BCUT2D eigenvalue weighted by molar-refractivity contribution is 6.19. The van der Waals surface area contributed by atoms with Crippen LogP contribution in [-0.2, 0) is 0 Å². The van der Waals surface area contributed by atoms with Gasteiger partial charge in [-0.3, -0.25) is 4.57 Å². The number of nitrogens with zero attached hydrogens (tertiary/aromatic N) is 4. The summed E-state index contributed by atoms with van der Waals surface area (Å²) in [4.78, 5) is 15.6. The highest BCUT2D eigenvalue weighted by Gasteiger charge is 2.18. The summed E-state index contributed by atoms with van der Waals surface area (Å²) in [7, 11) is 0. The van der Waals surface area contributed by atoms with Crippen molar-refractivity contribution in [1.29, 1.82) is 0 Å². The lowest BCUT2D eigenvalue weighted by atomic mass is 9.98. The molecular weight excluding hydrogens is 573 g/mol. The first-order chi connectivity index (χ1) is 23.3. The molecule has 0 aliphatic carbocycles. The number of imidazole rings is 1. The molecule has 220 valence electrons. The van der Waals surface area contributed by atoms with E-state index >= 15 is 0 Å². The van der Waals surface area contributed by atoms with Crippen LogP contribution in [0.2, 0.25) is 0 Å². The van der Waals surface area contributed by atoms with E-state index in [1.54, 1.807) is 0 Å². The Morgan fingerprint density at radius 1 is 0.404 bits per heavy atom. The molecule has 4 heteroatoms. The number of hydrogen-bond acceptors (Lipinski definition) is 3. The molecule has 0 atom stereocenters. The van der Waals surface area contributed by atoms with Gasteiger partial charge in [-0.25, -0.2) is 15.0 Å². The molecule has 0 bridgehead atoms. The number of fused-ring (bicyclic) bond motifs is 5. The first kappa shape index (κ1) is 27.0. The monoisotopic (exact) mass is 600 g/mol. The maximum Gasteiger partial charge on any atom is 0.160 e. The van der Waals surface area contributed by atoms with E-state index in [4.69, 9.17) is 15.0 Å². The Bertz CT molecular complexity index is 2480. The van der Waals surface area contributed by atoms with Gasteiger partial charge >= 0.3 is 0 Å². The summed E-state index contributed by atoms with van der Waals surface area (Å²) in [6.45, 7) is 0. The largest absolute Gasteiger partial charge is 0.292 e. The van der Waals surface area contributed by atoms with Crippen molar-refractivity contribution < 1.29 is 0 Å². The average molecular weight is 601 g/mol. The molecule has 0 unspecified atom stereocenters. The molecule has 0 radical (unpaired) electrons. The number of para-hydroxylation sites is 1. The van der Waals surface area contributed by atoms with E-state index in [1.807, 2.05) is 48.5 Å². The van der Waals surface area contributed by atoms with Crippen LogP contribution < -0.4 is 0 Å². The second-order valence-electron chi connectivity index (χ2n) is 11.7. The predicted molar refractivity (Wildman–Crippen MR) is 193 cm³/mol. The van der Waals surface area contributed by atoms with Crippen LogP contribution in [0, 0.1) is 0 Å². The minimum atomic E-state index is 0.691. The minimum Gasteiger partial charge on any atom is -0.292 e. The van der Waals surface area contributed by atoms with Crippen LogP contribution in [0.25, 0.3) is 83.6 Å². The number of rotatable bonds is 5. The van der Waals surface area contributed by atoms with Crippen LogP contribution in [0.3, 0.4) is 0 Å². The Kier molecular flexibility index (Phi) is 6.43. The summed E-state index contributed by atoms with van der Waals surface area (Å²) < 4.78 is 2.27. The third kappa shape index (κ3) is 4.75. The van der Waals surface area contributed by atoms with Gasteiger partial charge in [-0.15, -0.1) is 0 Å². The molecule has 7 aromatic carbocycles. The SMILES string of the molecule is c1ccc(-c2cc(-c3ccccc3)nc(-c3ccc4ccc5ccc6c(nc(-c7ccccc7)n6-c6ccccc6)c5c4c3)n2)cc1. The Morgan fingerprint density at radius 2 is 0.936 bits per heavy atom. The van der Waals surface area contributed by atoms with Gasteiger partial charge in [0.05, 0.1) is 22.4 Å². The zero-order chi connectivity index (χ0) is 31.2. The smallest absolute Gasteiger partial charge is 0.160 e. The molecule has 0 fully saturated rings. The average Bonchev–Trinajstić information content (AvgIpc) is 3.56. The summed E-state index contributed by atoms with van der Waals surface area (Å²) in [6, 6.07) is 58.9. The van der Waals surface area contributed by atoms with E-state index in [0.717, 1.165) is 77.7 Å². The molecule has 0 saturated carbocycles. The van der Waals surface area contributed by atoms with Gasteiger partial charge < -0.3 is 0 Å². The third-order valence-electron chi connectivity index (χ3n) is 8.79. The first-order valence-electron chi connectivity index (χ1n) is 15.8. The number of aromatic nitrogens is 4. The van der Waals surface area contributed by atoms with Gasteiger partial charge in [0.15, 0.2) is 5.82 Å². The fourth-order valence-corrected chi connectivity index (χ4v) is 6.53. The molecule has 4 nitrogen and oxygen atoms in total. The lowest BCUT2D eigenvalue weighted by Crippen LogP contribution is -1.97. The van der Waals surface area contributed by atoms with Crippen molar-refractivity contribution in [2.24, 2.45) is 0 Å². The van der Waals surface area contributed by atoms with Crippen LogP contribution in [0.1, 0.15) is 0 Å². The van der Waals surface area contributed by atoms with E-state index in [1.165, 1.54) is 0 Å². The fourth-order valence-electron chi connectivity index (χ4n) is 6.53. The van der Waals surface area contributed by atoms with E-state index in [9.17, 15) is 0 Å². The molecule has 2 heterocycles. The quantitative estimate of drug-likeness (QED) is 0.185. The van der Waals surface area contributed by atoms with Crippen LogP contribution in [0.15, 0.2) is 170 Å². The van der Waals surface area contributed by atoms with Gasteiger partial charge in [-0.2, -0.15) is 0 Å². The second kappa shape index (κ2) is 11.2. The summed E-state index contributed by atoms with van der Waals surface area (Å²) >= 11 is 0. The summed E-state index contributed by atoms with van der Waals surface area (Å²) in [5.41, 5.74) is 9.04. The Labute approximate surface area is 272 Å². The summed E-state index contributed by atoms with van der Waals surface area (Å²) in [6.07, 6.45) is 0. The molecule has 0 amide bonds. The highest BCUT2D eigenvalue weighted by atomic mass is 15.1. The lowest BCUT2D eigenvalue weighted by Gasteiger charge is -2.11. The molecule has 47 heavy (non-hydrogen) atoms. The van der Waals surface area contributed by atoms with Gasteiger partial charge in [0.25, 0.3) is 0 Å². The lowest BCUT2D eigenvalue weighted by molar-refractivity contribution is 1.10. The molecule has 0 N–H and O–H groups in total. The maximum absolute atomic E-state index is 5.38. The Hall–Kier alpha value is -6.39. The van der Waals surface area contributed by atoms with Crippen molar-refractivity contribution in [3.63, 3.8) is 0 Å².